The van der Waals surface area contributed by atoms with Gasteiger partial charge in [0.2, 0.25) is 0 Å². The van der Waals surface area contributed by atoms with E-state index in [9.17, 15) is 4.79 Å². The van der Waals surface area contributed by atoms with Crippen LogP contribution in [0.5, 0.6) is 5.75 Å². The standard InChI is InChI=1S/C10H12ClNO3/c1-14-10(13)8(12)6-15-9-5-3-2-4-7(9)11/h2-5,8H,6,12H2,1H3. The monoisotopic (exact) mass is 229 g/mol. The molecule has 0 fully saturated rings. The van der Waals surface area contributed by atoms with Gasteiger partial charge in [0.1, 0.15) is 18.4 Å². The van der Waals surface area contributed by atoms with Crippen molar-refractivity contribution in [3.63, 3.8) is 0 Å². The Morgan fingerprint density at radius 3 is 2.80 bits per heavy atom. The van der Waals surface area contributed by atoms with Crippen LogP contribution < -0.4 is 10.5 Å². The quantitative estimate of drug-likeness (QED) is 0.789. The van der Waals surface area contributed by atoms with Crippen LogP contribution in [0, 0.1) is 0 Å². The average Bonchev–Trinajstić information content (AvgIpc) is 2.26. The molecule has 0 aliphatic carbocycles. The summed E-state index contributed by atoms with van der Waals surface area (Å²) < 4.78 is 9.72. The summed E-state index contributed by atoms with van der Waals surface area (Å²) >= 11 is 5.84. The first-order valence-electron chi connectivity index (χ1n) is 4.36. The van der Waals surface area contributed by atoms with E-state index in [-0.39, 0.29) is 6.61 Å². The topological polar surface area (TPSA) is 61.5 Å². The van der Waals surface area contributed by atoms with Crippen LogP contribution in [0.2, 0.25) is 5.02 Å². The first kappa shape index (κ1) is 11.8. The van der Waals surface area contributed by atoms with Crippen LogP contribution in [0.1, 0.15) is 0 Å². The maximum Gasteiger partial charge on any atom is 0.326 e. The molecule has 0 saturated heterocycles. The molecule has 0 heterocycles. The summed E-state index contributed by atoms with van der Waals surface area (Å²) in [7, 11) is 1.28. The van der Waals surface area contributed by atoms with E-state index in [4.69, 9.17) is 22.1 Å². The van der Waals surface area contributed by atoms with E-state index in [1.807, 2.05) is 0 Å². The highest BCUT2D eigenvalue weighted by Gasteiger charge is 2.14. The lowest BCUT2D eigenvalue weighted by Gasteiger charge is -2.11. The highest BCUT2D eigenvalue weighted by molar-refractivity contribution is 6.32. The summed E-state index contributed by atoms with van der Waals surface area (Å²) in [4.78, 5) is 11.0. The zero-order valence-electron chi connectivity index (χ0n) is 8.27. The van der Waals surface area contributed by atoms with Gasteiger partial charge < -0.3 is 15.2 Å². The number of methoxy groups -OCH3 is 1. The largest absolute Gasteiger partial charge is 0.490 e. The summed E-state index contributed by atoms with van der Waals surface area (Å²) in [5, 5.41) is 0.481. The molecule has 1 atom stereocenters. The Labute approximate surface area is 92.9 Å². The fraction of sp³-hybridized carbons (Fsp3) is 0.300. The van der Waals surface area contributed by atoms with Crippen molar-refractivity contribution < 1.29 is 14.3 Å². The maximum absolute atomic E-state index is 11.0. The molecule has 1 aromatic rings. The SMILES string of the molecule is COC(=O)C(N)COc1ccccc1Cl. The number of para-hydroxylation sites is 1. The molecule has 1 aromatic carbocycles. The second-order valence-corrected chi connectivity index (χ2v) is 3.28. The van der Waals surface area contributed by atoms with Crippen molar-refractivity contribution in [1.82, 2.24) is 0 Å². The molecule has 1 unspecified atom stereocenters. The van der Waals surface area contributed by atoms with E-state index in [1.165, 1.54) is 7.11 Å². The van der Waals surface area contributed by atoms with E-state index < -0.39 is 12.0 Å². The third-order valence-corrected chi connectivity index (χ3v) is 2.07. The van der Waals surface area contributed by atoms with Crippen molar-refractivity contribution >= 4 is 17.6 Å². The summed E-state index contributed by atoms with van der Waals surface area (Å²) in [6.45, 7) is 0.0381. The average molecular weight is 230 g/mol. The van der Waals surface area contributed by atoms with Crippen molar-refractivity contribution in [1.29, 1.82) is 0 Å². The van der Waals surface area contributed by atoms with Crippen LogP contribution in [0.4, 0.5) is 0 Å². The van der Waals surface area contributed by atoms with Gasteiger partial charge in [-0.2, -0.15) is 0 Å². The second-order valence-electron chi connectivity index (χ2n) is 2.87. The van der Waals surface area contributed by atoms with Gasteiger partial charge in [0.05, 0.1) is 12.1 Å². The van der Waals surface area contributed by atoms with Crippen molar-refractivity contribution in [3.05, 3.63) is 29.3 Å². The van der Waals surface area contributed by atoms with Crippen molar-refractivity contribution in [3.8, 4) is 5.75 Å². The fourth-order valence-corrected chi connectivity index (χ4v) is 1.15. The number of esters is 1. The van der Waals surface area contributed by atoms with E-state index >= 15 is 0 Å². The van der Waals surface area contributed by atoms with Gasteiger partial charge >= 0.3 is 5.97 Å². The number of halogens is 1. The number of ether oxygens (including phenoxy) is 2. The number of benzene rings is 1. The van der Waals surface area contributed by atoms with Gasteiger partial charge in [-0.25, -0.2) is 0 Å². The molecule has 2 N–H and O–H groups in total. The van der Waals surface area contributed by atoms with Crippen LogP contribution in [0.15, 0.2) is 24.3 Å². The normalized spacial score (nSPS) is 11.9. The van der Waals surface area contributed by atoms with E-state index in [2.05, 4.69) is 4.74 Å². The fourth-order valence-electron chi connectivity index (χ4n) is 0.961. The number of rotatable bonds is 4. The molecule has 0 saturated carbocycles. The minimum atomic E-state index is -0.800. The number of carbonyl (C=O) groups is 1. The molecule has 0 aromatic heterocycles. The van der Waals surface area contributed by atoms with Gasteiger partial charge in [0.15, 0.2) is 0 Å². The lowest BCUT2D eigenvalue weighted by molar-refractivity contribution is -0.142. The van der Waals surface area contributed by atoms with Crippen LogP contribution in [-0.2, 0) is 9.53 Å². The van der Waals surface area contributed by atoms with Gasteiger partial charge in [-0.1, -0.05) is 23.7 Å². The maximum atomic E-state index is 11.0. The Kier molecular flexibility index (Phi) is 4.39. The second kappa shape index (κ2) is 5.58. The van der Waals surface area contributed by atoms with Gasteiger partial charge in [-0.05, 0) is 12.1 Å². The van der Waals surface area contributed by atoms with Crippen molar-refractivity contribution in [2.24, 2.45) is 5.73 Å². The number of hydrogen-bond donors (Lipinski definition) is 1. The smallest absolute Gasteiger partial charge is 0.326 e. The van der Waals surface area contributed by atoms with Crippen LogP contribution in [0.3, 0.4) is 0 Å². The van der Waals surface area contributed by atoms with Crippen molar-refractivity contribution in [2.45, 2.75) is 6.04 Å². The third-order valence-electron chi connectivity index (χ3n) is 1.76. The number of carbonyl (C=O) groups excluding carboxylic acids is 1. The van der Waals surface area contributed by atoms with Crippen LogP contribution in [0.25, 0.3) is 0 Å². The first-order valence-corrected chi connectivity index (χ1v) is 4.73. The molecule has 15 heavy (non-hydrogen) atoms. The highest BCUT2D eigenvalue weighted by Crippen LogP contribution is 2.22. The molecule has 0 aliphatic heterocycles. The summed E-state index contributed by atoms with van der Waals surface area (Å²) in [6, 6.07) is 6.17. The number of nitrogens with two attached hydrogens (primary N) is 1. The molecule has 0 amide bonds. The zero-order valence-corrected chi connectivity index (χ0v) is 9.03. The minimum Gasteiger partial charge on any atom is -0.490 e. The van der Waals surface area contributed by atoms with E-state index in [0.717, 1.165) is 0 Å². The van der Waals surface area contributed by atoms with Gasteiger partial charge in [0, 0.05) is 0 Å². The van der Waals surface area contributed by atoms with Gasteiger partial charge in [-0.15, -0.1) is 0 Å². The predicted octanol–water partition coefficient (Wildman–Crippen LogP) is 1.22. The molecule has 0 radical (unpaired) electrons. The molecule has 0 bridgehead atoms. The summed E-state index contributed by atoms with van der Waals surface area (Å²) in [5.74, 6) is -0.0134. The van der Waals surface area contributed by atoms with E-state index in [1.54, 1.807) is 24.3 Å². The Bertz CT molecular complexity index is 343. The molecular formula is C10H12ClNO3. The lowest BCUT2D eigenvalue weighted by Crippen LogP contribution is -2.37. The first-order chi connectivity index (χ1) is 7.15. The molecule has 82 valence electrons. The van der Waals surface area contributed by atoms with Crippen molar-refractivity contribution in [2.75, 3.05) is 13.7 Å². The third kappa shape index (κ3) is 3.42. The Balaban J connectivity index is 2.50. The lowest BCUT2D eigenvalue weighted by atomic mass is 10.3. The Morgan fingerprint density at radius 1 is 1.53 bits per heavy atom. The summed E-state index contributed by atoms with van der Waals surface area (Å²) in [6.07, 6.45) is 0. The van der Waals surface area contributed by atoms with Gasteiger partial charge in [0.25, 0.3) is 0 Å². The van der Waals surface area contributed by atoms with E-state index in [0.29, 0.717) is 10.8 Å². The zero-order chi connectivity index (χ0) is 11.3. The molecule has 5 heteroatoms. The highest BCUT2D eigenvalue weighted by atomic mass is 35.5. The minimum absolute atomic E-state index is 0.0381. The Hall–Kier alpha value is -1.26. The van der Waals surface area contributed by atoms with Crippen LogP contribution in [-0.4, -0.2) is 25.7 Å². The molecule has 0 aliphatic rings. The predicted molar refractivity (Wildman–Crippen MR) is 56.9 cm³/mol. The van der Waals surface area contributed by atoms with Crippen LogP contribution >= 0.6 is 11.6 Å². The van der Waals surface area contributed by atoms with Gasteiger partial charge in [-0.3, -0.25) is 4.79 Å². The molecule has 4 nitrogen and oxygen atoms in total. The molecule has 1 rings (SSSR count). The molecular weight excluding hydrogens is 218 g/mol. The number of hydrogen-bond acceptors (Lipinski definition) is 4. The Morgan fingerprint density at radius 2 is 2.20 bits per heavy atom. The summed E-state index contributed by atoms with van der Waals surface area (Å²) in [5.41, 5.74) is 5.48. The molecule has 0 spiro atoms.